The molecular weight excluding hydrogens is 412 g/mol. The lowest BCUT2D eigenvalue weighted by atomic mass is 10.2. The van der Waals surface area contributed by atoms with E-state index in [0.29, 0.717) is 42.8 Å². The summed E-state index contributed by atoms with van der Waals surface area (Å²) >= 11 is 6.11. The predicted octanol–water partition coefficient (Wildman–Crippen LogP) is 2.44. The third-order valence-electron chi connectivity index (χ3n) is 4.94. The van der Waals surface area contributed by atoms with E-state index in [4.69, 9.17) is 11.6 Å². The molecule has 152 valence electrons. The first-order chi connectivity index (χ1) is 13.8. The van der Waals surface area contributed by atoms with Crippen LogP contribution in [0.25, 0.3) is 5.82 Å². The number of hydrogen-bond acceptors (Lipinski definition) is 6. The van der Waals surface area contributed by atoms with Crippen LogP contribution in [0.4, 0.5) is 5.82 Å². The van der Waals surface area contributed by atoms with Gasteiger partial charge in [-0.1, -0.05) is 17.7 Å². The van der Waals surface area contributed by atoms with Gasteiger partial charge in [-0.15, -0.1) is 10.2 Å². The molecule has 0 spiro atoms. The van der Waals surface area contributed by atoms with Gasteiger partial charge in [-0.05, 0) is 49.7 Å². The lowest BCUT2D eigenvalue weighted by Gasteiger charge is -2.34. The molecule has 0 atom stereocenters. The van der Waals surface area contributed by atoms with Gasteiger partial charge >= 0.3 is 0 Å². The predicted molar refractivity (Wildman–Crippen MR) is 111 cm³/mol. The van der Waals surface area contributed by atoms with Crippen LogP contribution in [-0.2, 0) is 10.0 Å². The number of rotatable bonds is 4. The highest BCUT2D eigenvalue weighted by atomic mass is 35.5. The molecule has 0 aliphatic carbocycles. The van der Waals surface area contributed by atoms with Crippen LogP contribution in [0.1, 0.15) is 11.3 Å². The van der Waals surface area contributed by atoms with E-state index in [2.05, 4.69) is 15.3 Å². The van der Waals surface area contributed by atoms with Crippen molar-refractivity contribution in [2.75, 3.05) is 31.1 Å². The van der Waals surface area contributed by atoms with Crippen molar-refractivity contribution in [1.82, 2.24) is 24.3 Å². The van der Waals surface area contributed by atoms with Crippen LogP contribution in [0.15, 0.2) is 47.5 Å². The zero-order chi connectivity index (χ0) is 20.6. The normalized spacial score (nSPS) is 15.6. The van der Waals surface area contributed by atoms with Gasteiger partial charge in [0.2, 0.25) is 10.0 Å². The highest BCUT2D eigenvalue weighted by Gasteiger charge is 2.29. The van der Waals surface area contributed by atoms with Crippen molar-refractivity contribution in [2.24, 2.45) is 0 Å². The van der Waals surface area contributed by atoms with E-state index < -0.39 is 10.0 Å². The Labute approximate surface area is 174 Å². The molecular formula is C19H21ClN6O2S. The van der Waals surface area contributed by atoms with Gasteiger partial charge in [-0.25, -0.2) is 13.1 Å². The van der Waals surface area contributed by atoms with Crippen molar-refractivity contribution in [1.29, 1.82) is 0 Å². The van der Waals surface area contributed by atoms with Crippen LogP contribution in [0, 0.1) is 13.8 Å². The van der Waals surface area contributed by atoms with Crippen molar-refractivity contribution in [3.63, 3.8) is 0 Å². The molecule has 2 aromatic heterocycles. The Morgan fingerprint density at radius 1 is 0.931 bits per heavy atom. The molecule has 0 N–H and O–H groups in total. The summed E-state index contributed by atoms with van der Waals surface area (Å²) in [7, 11) is -3.57. The first-order valence-corrected chi connectivity index (χ1v) is 11.0. The quantitative estimate of drug-likeness (QED) is 0.629. The van der Waals surface area contributed by atoms with Crippen LogP contribution in [0.2, 0.25) is 5.02 Å². The number of aromatic nitrogens is 4. The van der Waals surface area contributed by atoms with Gasteiger partial charge in [0.15, 0.2) is 11.6 Å². The van der Waals surface area contributed by atoms with E-state index in [1.807, 2.05) is 43.1 Å². The molecule has 0 bridgehead atoms. The maximum atomic E-state index is 12.9. The summed E-state index contributed by atoms with van der Waals surface area (Å²) in [5, 5.41) is 13.3. The summed E-state index contributed by atoms with van der Waals surface area (Å²) in [6.07, 6.45) is 1.83. The molecule has 10 heteroatoms. The average molecular weight is 433 g/mol. The molecule has 0 amide bonds. The van der Waals surface area contributed by atoms with Gasteiger partial charge in [0, 0.05) is 37.4 Å². The fraction of sp³-hybridized carbons (Fsp3) is 0.316. The molecule has 1 saturated heterocycles. The molecule has 0 radical (unpaired) electrons. The lowest BCUT2D eigenvalue weighted by Crippen LogP contribution is -2.49. The van der Waals surface area contributed by atoms with Crippen molar-refractivity contribution in [3.05, 3.63) is 58.9 Å². The van der Waals surface area contributed by atoms with Gasteiger partial charge in [0.25, 0.3) is 0 Å². The highest BCUT2D eigenvalue weighted by molar-refractivity contribution is 7.89. The zero-order valence-electron chi connectivity index (χ0n) is 16.2. The molecule has 4 rings (SSSR count). The molecule has 8 nitrogen and oxygen atoms in total. The van der Waals surface area contributed by atoms with E-state index in [9.17, 15) is 8.42 Å². The Morgan fingerprint density at radius 2 is 1.62 bits per heavy atom. The van der Waals surface area contributed by atoms with Crippen molar-refractivity contribution in [3.8, 4) is 5.82 Å². The number of nitrogens with zero attached hydrogens (tertiary/aromatic N) is 6. The molecule has 3 aromatic rings. The van der Waals surface area contributed by atoms with Gasteiger partial charge in [0.05, 0.1) is 10.6 Å². The van der Waals surface area contributed by atoms with E-state index >= 15 is 0 Å². The highest BCUT2D eigenvalue weighted by Crippen LogP contribution is 2.24. The third kappa shape index (κ3) is 3.98. The van der Waals surface area contributed by atoms with E-state index in [0.717, 1.165) is 11.3 Å². The molecule has 1 fully saturated rings. The molecule has 3 heterocycles. The van der Waals surface area contributed by atoms with Gasteiger partial charge in [-0.3, -0.25) is 0 Å². The van der Waals surface area contributed by atoms with E-state index in [1.165, 1.54) is 10.4 Å². The van der Waals surface area contributed by atoms with Crippen LogP contribution >= 0.6 is 11.6 Å². The smallest absolute Gasteiger partial charge is 0.243 e. The minimum absolute atomic E-state index is 0.222. The summed E-state index contributed by atoms with van der Waals surface area (Å²) in [4.78, 5) is 2.25. The van der Waals surface area contributed by atoms with Crippen molar-refractivity contribution >= 4 is 27.4 Å². The number of aryl methyl sites for hydroxylation is 2. The summed E-state index contributed by atoms with van der Waals surface area (Å²) in [5.74, 6) is 1.35. The van der Waals surface area contributed by atoms with Crippen LogP contribution in [0.5, 0.6) is 0 Å². The van der Waals surface area contributed by atoms with Crippen molar-refractivity contribution < 1.29 is 8.42 Å². The van der Waals surface area contributed by atoms with E-state index in [-0.39, 0.29) is 4.90 Å². The maximum Gasteiger partial charge on any atom is 0.243 e. The Morgan fingerprint density at radius 3 is 2.21 bits per heavy atom. The summed E-state index contributed by atoms with van der Waals surface area (Å²) in [6, 6.07) is 10.5. The molecule has 0 unspecified atom stereocenters. The Hall–Kier alpha value is -2.49. The first-order valence-electron chi connectivity index (χ1n) is 9.22. The monoisotopic (exact) mass is 432 g/mol. The minimum Gasteiger partial charge on any atom is -0.352 e. The van der Waals surface area contributed by atoms with Crippen LogP contribution in [-0.4, -0.2) is 58.9 Å². The van der Waals surface area contributed by atoms with Gasteiger partial charge in [-0.2, -0.15) is 9.40 Å². The second-order valence-corrected chi connectivity index (χ2v) is 9.30. The second-order valence-electron chi connectivity index (χ2n) is 6.95. The number of sulfonamides is 1. The van der Waals surface area contributed by atoms with Crippen LogP contribution in [0.3, 0.4) is 0 Å². The number of anilines is 1. The molecule has 0 saturated carbocycles. The zero-order valence-corrected chi connectivity index (χ0v) is 17.7. The summed E-state index contributed by atoms with van der Waals surface area (Å²) in [5.41, 5.74) is 1.76. The maximum absolute atomic E-state index is 12.9. The number of halogens is 1. The second kappa shape index (κ2) is 7.74. The largest absolute Gasteiger partial charge is 0.352 e. The minimum atomic E-state index is -3.57. The summed E-state index contributed by atoms with van der Waals surface area (Å²) in [6.45, 7) is 5.57. The Balaban J connectivity index is 1.44. The Kier molecular flexibility index (Phi) is 5.28. The SMILES string of the molecule is Cc1ccn(-c2ccc(N3CCN(S(=O)(=O)c4ccc(C)c(Cl)c4)CC3)nn2)n1. The third-order valence-corrected chi connectivity index (χ3v) is 7.24. The average Bonchev–Trinajstić information content (AvgIpc) is 3.16. The lowest BCUT2D eigenvalue weighted by molar-refractivity contribution is 0.383. The number of piperazine rings is 1. The fourth-order valence-electron chi connectivity index (χ4n) is 3.19. The van der Waals surface area contributed by atoms with Gasteiger partial charge in [0.1, 0.15) is 0 Å². The fourth-order valence-corrected chi connectivity index (χ4v) is 4.89. The van der Waals surface area contributed by atoms with Gasteiger partial charge < -0.3 is 4.90 Å². The van der Waals surface area contributed by atoms with Crippen LogP contribution < -0.4 is 4.90 Å². The molecule has 1 aliphatic heterocycles. The van der Waals surface area contributed by atoms with Crippen molar-refractivity contribution in [2.45, 2.75) is 18.7 Å². The van der Waals surface area contributed by atoms with E-state index in [1.54, 1.807) is 16.8 Å². The molecule has 29 heavy (non-hydrogen) atoms. The number of benzene rings is 1. The molecule has 1 aliphatic rings. The summed E-state index contributed by atoms with van der Waals surface area (Å²) < 4.78 is 29.0. The number of hydrogen-bond donors (Lipinski definition) is 0. The molecule has 1 aromatic carbocycles. The standard InChI is InChI=1S/C19H21ClN6O2S/c1-14-3-4-16(13-17(14)20)29(27,28)25-11-9-24(10-12-25)18-5-6-19(22-21-18)26-8-7-15(2)23-26/h3-8,13H,9-12H2,1-2H3. The Bertz CT molecular complexity index is 1120. The topological polar surface area (TPSA) is 84.2 Å². The first kappa shape index (κ1) is 19.8.